The number of nitrogens with zero attached hydrogens (tertiary/aromatic N) is 4. The molecule has 0 saturated carbocycles. The van der Waals surface area contributed by atoms with E-state index >= 15 is 0 Å². The largest absolute Gasteiger partial charge is 0.361 e. The summed E-state index contributed by atoms with van der Waals surface area (Å²) in [6.07, 6.45) is 4.02. The number of carbonyl (C=O) groups excluding carboxylic acids is 2. The Balaban J connectivity index is 1.53. The maximum atomic E-state index is 13.0. The van der Waals surface area contributed by atoms with Gasteiger partial charge in [-0.1, -0.05) is 5.16 Å². The summed E-state index contributed by atoms with van der Waals surface area (Å²) >= 11 is 0. The third-order valence-electron chi connectivity index (χ3n) is 5.95. The predicted molar refractivity (Wildman–Crippen MR) is 90.8 cm³/mol. The molecule has 4 saturated heterocycles. The molecule has 0 aliphatic carbocycles. The van der Waals surface area contributed by atoms with Gasteiger partial charge in [0.15, 0.2) is 0 Å². The van der Waals surface area contributed by atoms with Gasteiger partial charge in [0, 0.05) is 37.8 Å². The summed E-state index contributed by atoms with van der Waals surface area (Å²) in [5, 5.41) is 4.00. The summed E-state index contributed by atoms with van der Waals surface area (Å²) in [7, 11) is 0. The van der Waals surface area contributed by atoms with Gasteiger partial charge in [0.1, 0.15) is 5.76 Å². The number of urea groups is 1. The fourth-order valence-corrected chi connectivity index (χ4v) is 4.41. The van der Waals surface area contributed by atoms with Gasteiger partial charge in [-0.3, -0.25) is 4.79 Å². The van der Waals surface area contributed by atoms with Crippen LogP contribution >= 0.6 is 0 Å². The van der Waals surface area contributed by atoms with Crippen LogP contribution in [0.2, 0.25) is 0 Å². The summed E-state index contributed by atoms with van der Waals surface area (Å²) in [6, 6.07) is 0.202. The molecule has 5 rings (SSSR count). The van der Waals surface area contributed by atoms with E-state index in [4.69, 9.17) is 4.52 Å². The third-order valence-corrected chi connectivity index (χ3v) is 5.95. The van der Waals surface area contributed by atoms with E-state index < -0.39 is 0 Å². The molecular formula is C18H26N4O3. The number of aromatic nitrogens is 1. The zero-order chi connectivity index (χ0) is 17.6. The summed E-state index contributed by atoms with van der Waals surface area (Å²) in [4.78, 5) is 31.6. The van der Waals surface area contributed by atoms with E-state index in [2.05, 4.69) is 5.16 Å². The molecule has 0 aromatic carbocycles. The first-order valence-corrected chi connectivity index (χ1v) is 9.30. The molecule has 136 valence electrons. The van der Waals surface area contributed by atoms with Crippen molar-refractivity contribution in [2.45, 2.75) is 52.1 Å². The SMILES string of the molecule is Cc1noc(C)c1CN1C(=O)[C@H]2CC[C@@H]1CN(C(=O)N1CCCC1)C2. The number of fused-ring (bicyclic) bond motifs is 4. The number of piperidine rings is 1. The molecule has 2 bridgehead atoms. The molecule has 4 aliphatic heterocycles. The van der Waals surface area contributed by atoms with Crippen LogP contribution in [-0.2, 0) is 11.3 Å². The Morgan fingerprint density at radius 2 is 1.92 bits per heavy atom. The third kappa shape index (κ3) is 2.89. The van der Waals surface area contributed by atoms with Crippen LogP contribution in [0, 0.1) is 19.8 Å². The monoisotopic (exact) mass is 346 g/mol. The topological polar surface area (TPSA) is 69.9 Å². The Labute approximate surface area is 147 Å². The first-order chi connectivity index (χ1) is 12.0. The maximum Gasteiger partial charge on any atom is 0.320 e. The van der Waals surface area contributed by atoms with Crippen molar-refractivity contribution in [1.29, 1.82) is 0 Å². The number of rotatable bonds is 2. The number of carbonyl (C=O) groups is 2. The van der Waals surface area contributed by atoms with E-state index in [1.807, 2.05) is 28.5 Å². The number of likely N-dealkylation sites (tertiary alicyclic amines) is 1. The van der Waals surface area contributed by atoms with Gasteiger partial charge >= 0.3 is 6.03 Å². The van der Waals surface area contributed by atoms with Crippen LogP contribution in [-0.4, -0.2) is 64.0 Å². The molecule has 1 aromatic rings. The molecule has 0 N–H and O–H groups in total. The highest BCUT2D eigenvalue weighted by atomic mass is 16.5. The zero-order valence-electron chi connectivity index (χ0n) is 15.0. The average Bonchev–Trinajstić information content (AvgIpc) is 3.14. The molecule has 7 heteroatoms. The summed E-state index contributed by atoms with van der Waals surface area (Å²) in [5.41, 5.74) is 1.84. The first-order valence-electron chi connectivity index (χ1n) is 9.30. The van der Waals surface area contributed by atoms with Gasteiger partial charge < -0.3 is 19.2 Å². The quantitative estimate of drug-likeness (QED) is 0.820. The van der Waals surface area contributed by atoms with Gasteiger partial charge in [-0.2, -0.15) is 0 Å². The van der Waals surface area contributed by atoms with E-state index in [-0.39, 0.29) is 23.9 Å². The first kappa shape index (κ1) is 16.4. The summed E-state index contributed by atoms with van der Waals surface area (Å²) in [5.74, 6) is 0.870. The molecule has 5 heterocycles. The van der Waals surface area contributed by atoms with Crippen LogP contribution in [0.3, 0.4) is 0 Å². The Morgan fingerprint density at radius 1 is 1.16 bits per heavy atom. The number of hydrogen-bond acceptors (Lipinski definition) is 4. The van der Waals surface area contributed by atoms with Crippen molar-refractivity contribution >= 4 is 11.9 Å². The molecule has 4 fully saturated rings. The van der Waals surface area contributed by atoms with Crippen molar-refractivity contribution < 1.29 is 14.1 Å². The Morgan fingerprint density at radius 3 is 2.60 bits per heavy atom. The summed E-state index contributed by atoms with van der Waals surface area (Å²) in [6.45, 7) is 7.23. The lowest BCUT2D eigenvalue weighted by molar-refractivity contribution is -0.140. The van der Waals surface area contributed by atoms with Crippen molar-refractivity contribution in [3.8, 4) is 0 Å². The highest BCUT2D eigenvalue weighted by Crippen LogP contribution is 2.32. The second-order valence-electron chi connectivity index (χ2n) is 7.58. The molecule has 0 unspecified atom stereocenters. The van der Waals surface area contributed by atoms with Gasteiger partial charge in [0.25, 0.3) is 0 Å². The minimum Gasteiger partial charge on any atom is -0.361 e. The maximum absolute atomic E-state index is 13.0. The molecule has 7 nitrogen and oxygen atoms in total. The number of aryl methyl sites for hydroxylation is 2. The van der Waals surface area contributed by atoms with Crippen molar-refractivity contribution in [1.82, 2.24) is 19.9 Å². The average molecular weight is 346 g/mol. The fourth-order valence-electron chi connectivity index (χ4n) is 4.41. The van der Waals surface area contributed by atoms with Gasteiger partial charge in [-0.15, -0.1) is 0 Å². The second-order valence-corrected chi connectivity index (χ2v) is 7.58. The molecule has 2 atom stereocenters. The van der Waals surface area contributed by atoms with Crippen molar-refractivity contribution in [3.05, 3.63) is 17.0 Å². The highest BCUT2D eigenvalue weighted by molar-refractivity contribution is 5.83. The van der Waals surface area contributed by atoms with Crippen molar-refractivity contribution in [3.63, 3.8) is 0 Å². The molecule has 0 spiro atoms. The summed E-state index contributed by atoms with van der Waals surface area (Å²) < 4.78 is 5.25. The van der Waals surface area contributed by atoms with Gasteiger partial charge in [0.2, 0.25) is 5.91 Å². The van der Waals surface area contributed by atoms with E-state index in [0.717, 1.165) is 55.8 Å². The predicted octanol–water partition coefficient (Wildman–Crippen LogP) is 1.93. The molecular weight excluding hydrogens is 320 g/mol. The van der Waals surface area contributed by atoms with Crippen molar-refractivity contribution in [2.24, 2.45) is 5.92 Å². The smallest absolute Gasteiger partial charge is 0.320 e. The van der Waals surface area contributed by atoms with Crippen LogP contribution in [0.5, 0.6) is 0 Å². The van der Waals surface area contributed by atoms with Gasteiger partial charge in [-0.25, -0.2) is 4.79 Å². The lowest BCUT2D eigenvalue weighted by Crippen LogP contribution is -2.48. The molecule has 1 aromatic heterocycles. The Hall–Kier alpha value is -2.05. The number of hydrogen-bond donors (Lipinski definition) is 0. The van der Waals surface area contributed by atoms with E-state index in [9.17, 15) is 9.59 Å². The highest BCUT2D eigenvalue weighted by Gasteiger charge is 2.43. The van der Waals surface area contributed by atoms with Crippen LogP contribution < -0.4 is 0 Å². The minimum absolute atomic E-state index is 0.0780. The minimum atomic E-state index is -0.0780. The second kappa shape index (κ2) is 6.35. The molecule has 3 amide bonds. The number of amides is 3. The van der Waals surface area contributed by atoms with Crippen LogP contribution in [0.4, 0.5) is 4.79 Å². The van der Waals surface area contributed by atoms with E-state index in [1.54, 1.807) is 0 Å². The van der Waals surface area contributed by atoms with Crippen LogP contribution in [0.1, 0.15) is 42.7 Å². The van der Waals surface area contributed by atoms with Gasteiger partial charge in [0.05, 0.1) is 18.2 Å². The van der Waals surface area contributed by atoms with Crippen molar-refractivity contribution in [2.75, 3.05) is 26.2 Å². The normalized spacial score (nSPS) is 26.5. The molecule has 25 heavy (non-hydrogen) atoms. The fraction of sp³-hybridized carbons (Fsp3) is 0.722. The van der Waals surface area contributed by atoms with Crippen LogP contribution in [0.25, 0.3) is 0 Å². The Kier molecular flexibility index (Phi) is 4.17. The standard InChI is InChI=1S/C18H26N4O3/c1-12-16(13(2)25-19-12)11-22-15-6-5-14(17(22)23)9-21(10-15)18(24)20-7-3-4-8-20/h14-15H,3-11H2,1-2H3/t14-,15+/m0/s1. The van der Waals surface area contributed by atoms with Gasteiger partial charge in [-0.05, 0) is 39.5 Å². The Bertz CT molecular complexity index is 660. The van der Waals surface area contributed by atoms with E-state index in [1.165, 1.54) is 0 Å². The van der Waals surface area contributed by atoms with E-state index in [0.29, 0.717) is 19.6 Å². The molecule has 0 radical (unpaired) electrons. The zero-order valence-corrected chi connectivity index (χ0v) is 15.0. The lowest BCUT2D eigenvalue weighted by atomic mass is 9.93. The van der Waals surface area contributed by atoms with Crippen LogP contribution in [0.15, 0.2) is 4.52 Å². The lowest BCUT2D eigenvalue weighted by Gasteiger charge is -2.36. The molecule has 4 aliphatic rings.